The molecule has 2 N–H and O–H groups in total. The van der Waals surface area contributed by atoms with Gasteiger partial charge in [-0.05, 0) is 18.2 Å². The van der Waals surface area contributed by atoms with Crippen molar-refractivity contribution in [2.45, 2.75) is 4.90 Å². The molecule has 0 fully saturated rings. The number of hydrogen-bond donors (Lipinski definition) is 1. The number of benzene rings is 1. The van der Waals surface area contributed by atoms with Gasteiger partial charge < -0.3 is 10.5 Å². The summed E-state index contributed by atoms with van der Waals surface area (Å²) in [6, 6.07) is 3.31. The monoisotopic (exact) mass is 314 g/mol. The highest BCUT2D eigenvalue weighted by molar-refractivity contribution is 7.89. The number of likely N-dealkylation sites (N-methyl/N-ethyl adjacent to an activating group) is 1. The Labute approximate surface area is 122 Å². The van der Waals surface area contributed by atoms with E-state index in [1.165, 1.54) is 19.2 Å². The maximum absolute atomic E-state index is 13.8. The molecular formula is C13H15FN2O4S. The predicted octanol–water partition coefficient (Wildman–Crippen LogP) is -0.0706. The zero-order valence-electron chi connectivity index (χ0n) is 11.6. The summed E-state index contributed by atoms with van der Waals surface area (Å²) in [7, 11) is -1.64. The molecule has 0 unspecified atom stereocenters. The summed E-state index contributed by atoms with van der Waals surface area (Å²) in [6.07, 6.45) is 0. The van der Waals surface area contributed by atoms with Gasteiger partial charge >= 0.3 is 5.97 Å². The van der Waals surface area contributed by atoms with Crippen LogP contribution in [0.4, 0.5) is 4.39 Å². The van der Waals surface area contributed by atoms with E-state index in [-0.39, 0.29) is 17.0 Å². The van der Waals surface area contributed by atoms with Crippen LogP contribution in [-0.4, -0.2) is 45.9 Å². The SMILES string of the molecule is COC(=O)CN(C)S(=O)(=O)c1ccc(C#CCN)c(F)c1. The third-order valence-corrected chi connectivity index (χ3v) is 4.35. The third kappa shape index (κ3) is 4.26. The Kier molecular flexibility index (Phi) is 5.84. The molecule has 0 amide bonds. The van der Waals surface area contributed by atoms with Crippen LogP contribution < -0.4 is 5.73 Å². The number of methoxy groups -OCH3 is 1. The van der Waals surface area contributed by atoms with Gasteiger partial charge in [0.25, 0.3) is 0 Å². The first-order valence-corrected chi connectivity index (χ1v) is 7.28. The molecule has 114 valence electrons. The number of halogens is 1. The van der Waals surface area contributed by atoms with E-state index >= 15 is 0 Å². The molecule has 6 nitrogen and oxygen atoms in total. The predicted molar refractivity (Wildman–Crippen MR) is 74.2 cm³/mol. The molecule has 0 aliphatic carbocycles. The molecule has 0 atom stereocenters. The van der Waals surface area contributed by atoms with Gasteiger partial charge in [-0.1, -0.05) is 11.8 Å². The maximum Gasteiger partial charge on any atom is 0.321 e. The van der Waals surface area contributed by atoms with Gasteiger partial charge in [-0.25, -0.2) is 12.8 Å². The first kappa shape index (κ1) is 17.1. The number of carbonyl (C=O) groups is 1. The minimum absolute atomic E-state index is 0.0509. The lowest BCUT2D eigenvalue weighted by Gasteiger charge is -2.15. The Balaban J connectivity index is 3.10. The number of nitrogens with two attached hydrogens (primary N) is 1. The molecule has 1 aromatic carbocycles. The maximum atomic E-state index is 13.8. The second-order valence-corrected chi connectivity index (χ2v) is 6.03. The summed E-state index contributed by atoms with van der Waals surface area (Å²) in [4.78, 5) is 10.8. The molecule has 0 aliphatic rings. The fourth-order valence-corrected chi connectivity index (χ4v) is 2.54. The summed E-state index contributed by atoms with van der Waals surface area (Å²) in [5.74, 6) is 3.48. The van der Waals surface area contributed by atoms with Crippen LogP contribution in [0.3, 0.4) is 0 Å². The molecule has 8 heteroatoms. The molecule has 0 heterocycles. The lowest BCUT2D eigenvalue weighted by Crippen LogP contribution is -2.32. The van der Waals surface area contributed by atoms with Crippen molar-refractivity contribution in [3.63, 3.8) is 0 Å². The second-order valence-electron chi connectivity index (χ2n) is 3.98. The van der Waals surface area contributed by atoms with Crippen molar-refractivity contribution in [2.24, 2.45) is 5.73 Å². The van der Waals surface area contributed by atoms with Crippen molar-refractivity contribution in [3.05, 3.63) is 29.6 Å². The van der Waals surface area contributed by atoms with Crippen LogP contribution in [0.2, 0.25) is 0 Å². The summed E-state index contributed by atoms with van der Waals surface area (Å²) in [6.45, 7) is -0.392. The molecule has 0 radical (unpaired) electrons. The molecule has 0 aliphatic heterocycles. The first-order chi connectivity index (χ1) is 9.82. The average molecular weight is 314 g/mol. The number of rotatable bonds is 4. The quantitative estimate of drug-likeness (QED) is 0.621. The van der Waals surface area contributed by atoms with Crippen molar-refractivity contribution in [3.8, 4) is 11.8 Å². The van der Waals surface area contributed by atoms with Crippen LogP contribution >= 0.6 is 0 Å². The lowest BCUT2D eigenvalue weighted by atomic mass is 10.2. The molecule has 0 saturated carbocycles. The van der Waals surface area contributed by atoms with Gasteiger partial charge in [0, 0.05) is 7.05 Å². The molecule has 1 aromatic rings. The topological polar surface area (TPSA) is 89.7 Å². The molecule has 1 rings (SSSR count). The van der Waals surface area contributed by atoms with Crippen molar-refractivity contribution >= 4 is 16.0 Å². The van der Waals surface area contributed by atoms with Crippen molar-refractivity contribution < 1.29 is 22.3 Å². The van der Waals surface area contributed by atoms with E-state index in [0.29, 0.717) is 0 Å². The number of ether oxygens (including phenoxy) is 1. The number of carbonyl (C=O) groups excluding carboxylic acids is 1. The van der Waals surface area contributed by atoms with Gasteiger partial charge in [-0.2, -0.15) is 4.31 Å². The van der Waals surface area contributed by atoms with Crippen molar-refractivity contribution in [2.75, 3.05) is 27.2 Å². The summed E-state index contributed by atoms with van der Waals surface area (Å²) >= 11 is 0. The standard InChI is InChI=1S/C13H15FN2O4S/c1-16(9-13(17)20-2)21(18,19)11-6-5-10(4-3-7-15)12(14)8-11/h5-6,8H,7,9,15H2,1-2H3. The number of sulfonamides is 1. The van der Waals surface area contributed by atoms with E-state index in [1.807, 2.05) is 0 Å². The number of nitrogens with zero attached hydrogens (tertiary/aromatic N) is 1. The van der Waals surface area contributed by atoms with Gasteiger partial charge in [0.05, 0.1) is 24.1 Å². The van der Waals surface area contributed by atoms with Crippen molar-refractivity contribution in [1.29, 1.82) is 0 Å². The highest BCUT2D eigenvalue weighted by Crippen LogP contribution is 2.17. The van der Waals surface area contributed by atoms with E-state index in [4.69, 9.17) is 5.73 Å². The van der Waals surface area contributed by atoms with E-state index in [0.717, 1.165) is 17.5 Å². The summed E-state index contributed by atoms with van der Waals surface area (Å²) in [5.41, 5.74) is 5.23. The van der Waals surface area contributed by atoms with E-state index in [9.17, 15) is 17.6 Å². The van der Waals surface area contributed by atoms with Crippen molar-refractivity contribution in [1.82, 2.24) is 4.31 Å². The zero-order valence-corrected chi connectivity index (χ0v) is 12.4. The van der Waals surface area contributed by atoms with E-state index in [1.54, 1.807) is 0 Å². The number of esters is 1. The minimum atomic E-state index is -3.98. The number of hydrogen-bond acceptors (Lipinski definition) is 5. The molecule has 0 aromatic heterocycles. The summed E-state index contributed by atoms with van der Waals surface area (Å²) < 4.78 is 43.3. The van der Waals surface area contributed by atoms with E-state index in [2.05, 4.69) is 16.6 Å². The third-order valence-electron chi connectivity index (χ3n) is 2.55. The second kappa shape index (κ2) is 7.17. The highest BCUT2D eigenvalue weighted by Gasteiger charge is 2.24. The smallest absolute Gasteiger partial charge is 0.321 e. The fraction of sp³-hybridized carbons (Fsp3) is 0.308. The van der Waals surface area contributed by atoms with E-state index < -0.39 is 28.4 Å². The molecule has 0 saturated heterocycles. The lowest BCUT2D eigenvalue weighted by molar-refractivity contribution is -0.140. The van der Waals surface area contributed by atoms with Crippen LogP contribution in [0.15, 0.2) is 23.1 Å². The van der Waals surface area contributed by atoms with Gasteiger partial charge in [0.15, 0.2) is 0 Å². The zero-order chi connectivity index (χ0) is 16.0. The Hall–Kier alpha value is -1.95. The molecular weight excluding hydrogens is 299 g/mol. The van der Waals surface area contributed by atoms with Crippen LogP contribution in [0.25, 0.3) is 0 Å². The normalized spacial score (nSPS) is 10.9. The first-order valence-electron chi connectivity index (χ1n) is 5.84. The van der Waals surface area contributed by atoms with Gasteiger partial charge in [-0.15, -0.1) is 0 Å². The summed E-state index contributed by atoms with van der Waals surface area (Å²) in [5, 5.41) is 0. The fourth-order valence-electron chi connectivity index (χ4n) is 1.42. The Morgan fingerprint density at radius 3 is 2.67 bits per heavy atom. The molecule has 0 spiro atoms. The van der Waals surface area contributed by atoms with Crippen LogP contribution in [0.1, 0.15) is 5.56 Å². The minimum Gasteiger partial charge on any atom is -0.468 e. The Bertz CT molecular complexity index is 692. The van der Waals surface area contributed by atoms with Crippen LogP contribution in [-0.2, 0) is 19.6 Å². The Morgan fingerprint density at radius 1 is 1.48 bits per heavy atom. The average Bonchev–Trinajstić information content (AvgIpc) is 2.45. The molecule has 21 heavy (non-hydrogen) atoms. The van der Waals surface area contributed by atoms with Gasteiger partial charge in [-0.3, -0.25) is 4.79 Å². The highest BCUT2D eigenvalue weighted by atomic mass is 32.2. The Morgan fingerprint density at radius 2 is 2.14 bits per heavy atom. The molecule has 0 bridgehead atoms. The van der Waals surface area contributed by atoms with Gasteiger partial charge in [0.1, 0.15) is 12.4 Å². The van der Waals surface area contributed by atoms with Crippen LogP contribution in [0.5, 0.6) is 0 Å². The van der Waals surface area contributed by atoms with Crippen LogP contribution in [0, 0.1) is 17.7 Å². The van der Waals surface area contributed by atoms with Gasteiger partial charge in [0.2, 0.25) is 10.0 Å². The largest absolute Gasteiger partial charge is 0.468 e.